The van der Waals surface area contributed by atoms with E-state index in [0.29, 0.717) is 12.5 Å². The van der Waals surface area contributed by atoms with E-state index in [0.717, 1.165) is 38.2 Å². The summed E-state index contributed by atoms with van der Waals surface area (Å²) in [5.41, 5.74) is 1.35. The molecule has 0 aliphatic heterocycles. The van der Waals surface area contributed by atoms with Crippen LogP contribution in [-0.4, -0.2) is 31.4 Å². The molecular formula is C16H27NO2. The number of aliphatic hydroxyl groups is 1. The van der Waals surface area contributed by atoms with Crippen LogP contribution in [0.1, 0.15) is 44.6 Å². The second kappa shape index (κ2) is 9.82. The molecule has 108 valence electrons. The van der Waals surface area contributed by atoms with Crippen LogP contribution in [0.5, 0.6) is 5.75 Å². The van der Waals surface area contributed by atoms with Gasteiger partial charge in [-0.15, -0.1) is 0 Å². The lowest BCUT2D eigenvalue weighted by molar-refractivity contribution is 0.289. The monoisotopic (exact) mass is 265 g/mol. The molecule has 0 bridgehead atoms. The maximum atomic E-state index is 8.60. The summed E-state index contributed by atoms with van der Waals surface area (Å²) in [6.07, 6.45) is 3.37. The maximum absolute atomic E-state index is 8.60. The first kappa shape index (κ1) is 16.0. The van der Waals surface area contributed by atoms with E-state index < -0.39 is 0 Å². The SMILES string of the molecule is CC(C)c1ccc(OCCCCCNCCO)cc1. The van der Waals surface area contributed by atoms with E-state index in [-0.39, 0.29) is 6.61 Å². The first-order chi connectivity index (χ1) is 9.24. The molecule has 0 aliphatic rings. The number of aliphatic hydroxyl groups excluding tert-OH is 1. The van der Waals surface area contributed by atoms with Crippen LogP contribution in [0.15, 0.2) is 24.3 Å². The molecule has 1 rings (SSSR count). The van der Waals surface area contributed by atoms with Gasteiger partial charge in [-0.1, -0.05) is 26.0 Å². The molecule has 0 radical (unpaired) electrons. The Bertz CT molecular complexity index is 322. The van der Waals surface area contributed by atoms with Gasteiger partial charge in [0, 0.05) is 6.54 Å². The molecule has 0 aliphatic carbocycles. The van der Waals surface area contributed by atoms with Gasteiger partial charge < -0.3 is 15.2 Å². The maximum Gasteiger partial charge on any atom is 0.119 e. The van der Waals surface area contributed by atoms with Gasteiger partial charge in [-0.25, -0.2) is 0 Å². The fraction of sp³-hybridized carbons (Fsp3) is 0.625. The summed E-state index contributed by atoms with van der Waals surface area (Å²) in [5, 5.41) is 11.8. The van der Waals surface area contributed by atoms with E-state index in [2.05, 4.69) is 43.4 Å². The first-order valence-corrected chi connectivity index (χ1v) is 7.28. The standard InChI is InChI=1S/C16H27NO2/c1-14(2)15-6-8-16(9-7-15)19-13-5-3-4-10-17-11-12-18/h6-9,14,17-18H,3-5,10-13H2,1-2H3. The van der Waals surface area contributed by atoms with Crippen LogP contribution in [0.3, 0.4) is 0 Å². The summed E-state index contributed by atoms with van der Waals surface area (Å²) >= 11 is 0. The van der Waals surface area contributed by atoms with Crippen LogP contribution < -0.4 is 10.1 Å². The number of nitrogens with one attached hydrogen (secondary N) is 1. The Morgan fingerprint density at radius 3 is 2.42 bits per heavy atom. The van der Waals surface area contributed by atoms with E-state index in [1.54, 1.807) is 0 Å². The summed E-state index contributed by atoms with van der Waals surface area (Å²) in [7, 11) is 0. The molecule has 19 heavy (non-hydrogen) atoms. The Labute approximate surface area is 117 Å². The molecule has 3 heteroatoms. The van der Waals surface area contributed by atoms with Gasteiger partial charge in [0.05, 0.1) is 13.2 Å². The van der Waals surface area contributed by atoms with Crippen LogP contribution in [-0.2, 0) is 0 Å². The highest BCUT2D eigenvalue weighted by Gasteiger charge is 1.99. The molecule has 0 heterocycles. The number of unbranched alkanes of at least 4 members (excludes halogenated alkanes) is 2. The number of hydrogen-bond donors (Lipinski definition) is 2. The van der Waals surface area contributed by atoms with E-state index in [1.165, 1.54) is 5.56 Å². The molecular weight excluding hydrogens is 238 g/mol. The molecule has 0 saturated carbocycles. The molecule has 0 unspecified atom stereocenters. The lowest BCUT2D eigenvalue weighted by Gasteiger charge is -2.09. The van der Waals surface area contributed by atoms with Crippen molar-refractivity contribution in [1.29, 1.82) is 0 Å². The van der Waals surface area contributed by atoms with Crippen molar-refractivity contribution in [3.8, 4) is 5.75 Å². The fourth-order valence-corrected chi connectivity index (χ4v) is 1.87. The van der Waals surface area contributed by atoms with Crippen LogP contribution in [0.25, 0.3) is 0 Å². The minimum absolute atomic E-state index is 0.218. The zero-order chi connectivity index (χ0) is 13.9. The van der Waals surface area contributed by atoms with E-state index >= 15 is 0 Å². The Balaban J connectivity index is 2.06. The summed E-state index contributed by atoms with van der Waals surface area (Å²) in [4.78, 5) is 0. The Hall–Kier alpha value is -1.06. The number of hydrogen-bond acceptors (Lipinski definition) is 3. The highest BCUT2D eigenvalue weighted by Crippen LogP contribution is 2.18. The van der Waals surface area contributed by atoms with Gasteiger partial charge >= 0.3 is 0 Å². The van der Waals surface area contributed by atoms with Gasteiger partial charge in [0.15, 0.2) is 0 Å². The number of rotatable bonds is 10. The molecule has 1 aromatic carbocycles. The Morgan fingerprint density at radius 1 is 1.05 bits per heavy atom. The third-order valence-corrected chi connectivity index (χ3v) is 3.10. The van der Waals surface area contributed by atoms with Crippen LogP contribution in [0.4, 0.5) is 0 Å². The van der Waals surface area contributed by atoms with E-state index in [9.17, 15) is 0 Å². The third kappa shape index (κ3) is 7.19. The van der Waals surface area contributed by atoms with Crippen molar-refractivity contribution in [2.24, 2.45) is 0 Å². The Kier molecular flexibility index (Phi) is 8.26. The van der Waals surface area contributed by atoms with Crippen LogP contribution >= 0.6 is 0 Å². The number of ether oxygens (including phenoxy) is 1. The second-order valence-electron chi connectivity index (χ2n) is 5.11. The molecule has 0 amide bonds. The zero-order valence-electron chi connectivity index (χ0n) is 12.2. The normalized spacial score (nSPS) is 10.9. The minimum Gasteiger partial charge on any atom is -0.494 e. The van der Waals surface area contributed by atoms with Crippen molar-refractivity contribution < 1.29 is 9.84 Å². The smallest absolute Gasteiger partial charge is 0.119 e. The molecule has 0 atom stereocenters. The van der Waals surface area contributed by atoms with Crippen molar-refractivity contribution in [1.82, 2.24) is 5.32 Å². The largest absolute Gasteiger partial charge is 0.494 e. The van der Waals surface area contributed by atoms with Crippen molar-refractivity contribution in [3.63, 3.8) is 0 Å². The molecule has 0 fully saturated rings. The average molecular weight is 265 g/mol. The summed E-state index contributed by atoms with van der Waals surface area (Å²) in [6, 6.07) is 8.38. The van der Waals surface area contributed by atoms with Crippen molar-refractivity contribution in [3.05, 3.63) is 29.8 Å². The first-order valence-electron chi connectivity index (χ1n) is 7.28. The predicted octanol–water partition coefficient (Wildman–Crippen LogP) is 2.94. The molecule has 0 saturated heterocycles. The summed E-state index contributed by atoms with van der Waals surface area (Å²) in [5.74, 6) is 1.53. The molecule has 3 nitrogen and oxygen atoms in total. The van der Waals surface area contributed by atoms with Crippen molar-refractivity contribution in [2.75, 3.05) is 26.3 Å². The third-order valence-electron chi connectivity index (χ3n) is 3.10. The zero-order valence-corrected chi connectivity index (χ0v) is 12.2. The van der Waals surface area contributed by atoms with E-state index in [4.69, 9.17) is 9.84 Å². The van der Waals surface area contributed by atoms with Gasteiger partial charge in [0.25, 0.3) is 0 Å². The van der Waals surface area contributed by atoms with Crippen molar-refractivity contribution >= 4 is 0 Å². The van der Waals surface area contributed by atoms with Crippen LogP contribution in [0, 0.1) is 0 Å². The average Bonchev–Trinajstić information content (AvgIpc) is 2.42. The predicted molar refractivity (Wildman–Crippen MR) is 79.8 cm³/mol. The highest BCUT2D eigenvalue weighted by molar-refractivity contribution is 5.28. The molecule has 0 aromatic heterocycles. The molecule has 1 aromatic rings. The second-order valence-corrected chi connectivity index (χ2v) is 5.11. The van der Waals surface area contributed by atoms with Crippen molar-refractivity contribution in [2.45, 2.75) is 39.0 Å². The van der Waals surface area contributed by atoms with Gasteiger partial charge in [-0.05, 0) is 49.4 Å². The lowest BCUT2D eigenvalue weighted by atomic mass is 10.0. The fourth-order valence-electron chi connectivity index (χ4n) is 1.87. The van der Waals surface area contributed by atoms with Gasteiger partial charge in [-0.2, -0.15) is 0 Å². The van der Waals surface area contributed by atoms with Gasteiger partial charge in [0.1, 0.15) is 5.75 Å². The van der Waals surface area contributed by atoms with Gasteiger partial charge in [-0.3, -0.25) is 0 Å². The van der Waals surface area contributed by atoms with E-state index in [1.807, 2.05) is 0 Å². The highest BCUT2D eigenvalue weighted by atomic mass is 16.5. The quantitative estimate of drug-likeness (QED) is 0.639. The Morgan fingerprint density at radius 2 is 1.79 bits per heavy atom. The summed E-state index contributed by atoms with van der Waals surface area (Å²) in [6.45, 7) is 7.06. The molecule has 2 N–H and O–H groups in total. The summed E-state index contributed by atoms with van der Waals surface area (Å²) < 4.78 is 5.71. The molecule has 0 spiro atoms. The van der Waals surface area contributed by atoms with Crippen LogP contribution in [0.2, 0.25) is 0 Å². The lowest BCUT2D eigenvalue weighted by Crippen LogP contribution is -2.19. The minimum atomic E-state index is 0.218. The number of benzene rings is 1. The topological polar surface area (TPSA) is 41.5 Å². The van der Waals surface area contributed by atoms with Gasteiger partial charge in [0.2, 0.25) is 0 Å².